The van der Waals surface area contributed by atoms with Gasteiger partial charge in [-0.25, -0.2) is 8.78 Å². The summed E-state index contributed by atoms with van der Waals surface area (Å²) in [5, 5.41) is 4.18. The Morgan fingerprint density at radius 3 is 3.00 bits per heavy atom. The molecule has 4 heteroatoms. The lowest BCUT2D eigenvalue weighted by atomic mass is 9.91. The monoisotopic (exact) mass is 264 g/mol. The Morgan fingerprint density at radius 1 is 1.37 bits per heavy atom. The first kappa shape index (κ1) is 12.6. The van der Waals surface area contributed by atoms with Crippen LogP contribution in [-0.4, -0.2) is 11.5 Å². The molecule has 0 radical (unpaired) electrons. The van der Waals surface area contributed by atoms with Crippen LogP contribution in [0.3, 0.4) is 0 Å². The van der Waals surface area contributed by atoms with Gasteiger partial charge in [-0.2, -0.15) is 0 Å². The van der Waals surface area contributed by atoms with Gasteiger partial charge in [0.2, 0.25) is 0 Å². The molecule has 2 nitrogen and oxygen atoms in total. The van der Waals surface area contributed by atoms with Crippen LogP contribution in [0.15, 0.2) is 12.1 Å². The van der Waals surface area contributed by atoms with Gasteiger partial charge in [-0.15, -0.1) is 0 Å². The second-order valence-electron chi connectivity index (χ2n) is 5.23. The molecule has 1 aliphatic rings. The molecule has 19 heavy (non-hydrogen) atoms. The van der Waals surface area contributed by atoms with E-state index in [1.165, 1.54) is 6.07 Å². The summed E-state index contributed by atoms with van der Waals surface area (Å²) < 4.78 is 27.2. The first-order chi connectivity index (χ1) is 9.20. The molecule has 1 heterocycles. The first-order valence-corrected chi connectivity index (χ1v) is 6.93. The van der Waals surface area contributed by atoms with E-state index >= 15 is 0 Å². The lowest BCUT2D eigenvalue weighted by Crippen LogP contribution is -2.25. The Morgan fingerprint density at radius 2 is 2.21 bits per heavy atom. The smallest absolute Gasteiger partial charge is 0.150 e. The fourth-order valence-electron chi connectivity index (χ4n) is 3.01. The Balaban J connectivity index is 2.10. The number of aromatic amines is 1. The minimum Gasteiger partial charge on any atom is -0.354 e. The molecule has 3 rings (SSSR count). The molecule has 1 aromatic carbocycles. The maximum atomic E-state index is 13.8. The highest BCUT2D eigenvalue weighted by molar-refractivity contribution is 5.85. The molecular weight excluding hydrogens is 246 g/mol. The van der Waals surface area contributed by atoms with E-state index in [-0.39, 0.29) is 6.04 Å². The summed E-state index contributed by atoms with van der Waals surface area (Å²) in [4.78, 5) is 3.17. The number of aromatic nitrogens is 1. The average Bonchev–Trinajstić information content (AvgIpc) is 2.76. The Bertz CT molecular complexity index is 604. The molecule has 1 atom stereocenters. The minimum atomic E-state index is -0.504. The number of fused-ring (bicyclic) bond motifs is 3. The third-order valence-electron chi connectivity index (χ3n) is 3.87. The predicted octanol–water partition coefficient (Wildman–Crippen LogP) is 3.82. The number of H-pyrrole nitrogens is 1. The van der Waals surface area contributed by atoms with Crippen molar-refractivity contribution in [3.05, 3.63) is 35.0 Å². The summed E-state index contributed by atoms with van der Waals surface area (Å²) in [7, 11) is 0. The zero-order valence-corrected chi connectivity index (χ0v) is 11.0. The van der Waals surface area contributed by atoms with E-state index in [1.807, 2.05) is 0 Å². The van der Waals surface area contributed by atoms with Crippen molar-refractivity contribution < 1.29 is 8.78 Å². The number of halogens is 2. The summed E-state index contributed by atoms with van der Waals surface area (Å²) in [6, 6.07) is 2.62. The topological polar surface area (TPSA) is 27.8 Å². The van der Waals surface area contributed by atoms with E-state index in [0.29, 0.717) is 10.9 Å². The average molecular weight is 264 g/mol. The molecule has 0 amide bonds. The molecule has 2 N–H and O–H groups in total. The van der Waals surface area contributed by atoms with Crippen molar-refractivity contribution in [1.29, 1.82) is 0 Å². The SMILES string of the molecule is CCCNC1CCCc2c1[nH]c1c(F)cc(F)cc21. The van der Waals surface area contributed by atoms with Crippen LogP contribution in [0, 0.1) is 11.6 Å². The van der Waals surface area contributed by atoms with Gasteiger partial charge < -0.3 is 10.3 Å². The normalized spacial score (nSPS) is 18.8. The summed E-state index contributed by atoms with van der Waals surface area (Å²) >= 11 is 0. The number of rotatable bonds is 3. The number of nitrogens with one attached hydrogen (secondary N) is 2. The quantitative estimate of drug-likeness (QED) is 0.866. The lowest BCUT2D eigenvalue weighted by Gasteiger charge is -2.23. The first-order valence-electron chi connectivity index (χ1n) is 6.93. The molecule has 0 spiro atoms. The number of benzene rings is 1. The number of hydrogen-bond donors (Lipinski definition) is 2. The lowest BCUT2D eigenvalue weighted by molar-refractivity contribution is 0.454. The van der Waals surface area contributed by atoms with Gasteiger partial charge in [0.1, 0.15) is 11.6 Å². The van der Waals surface area contributed by atoms with Crippen LogP contribution < -0.4 is 5.32 Å². The molecule has 1 aliphatic carbocycles. The Kier molecular flexibility index (Phi) is 3.27. The molecular formula is C15H18F2N2. The largest absolute Gasteiger partial charge is 0.354 e. The van der Waals surface area contributed by atoms with E-state index in [2.05, 4.69) is 17.2 Å². The van der Waals surface area contributed by atoms with Crippen molar-refractivity contribution in [3.8, 4) is 0 Å². The molecule has 0 fully saturated rings. The van der Waals surface area contributed by atoms with Crippen LogP contribution in [0.2, 0.25) is 0 Å². The third kappa shape index (κ3) is 2.14. The van der Waals surface area contributed by atoms with E-state index in [4.69, 9.17) is 0 Å². The van der Waals surface area contributed by atoms with Crippen LogP contribution in [-0.2, 0) is 6.42 Å². The van der Waals surface area contributed by atoms with Gasteiger partial charge in [0.05, 0.1) is 5.52 Å². The van der Waals surface area contributed by atoms with E-state index in [1.54, 1.807) is 0 Å². The van der Waals surface area contributed by atoms with Crippen LogP contribution >= 0.6 is 0 Å². The van der Waals surface area contributed by atoms with E-state index < -0.39 is 11.6 Å². The minimum absolute atomic E-state index is 0.235. The van der Waals surface area contributed by atoms with Gasteiger partial charge >= 0.3 is 0 Å². The maximum absolute atomic E-state index is 13.8. The van der Waals surface area contributed by atoms with Crippen LogP contribution in [0.25, 0.3) is 10.9 Å². The summed E-state index contributed by atoms with van der Waals surface area (Å²) in [6.07, 6.45) is 4.06. The number of hydrogen-bond acceptors (Lipinski definition) is 1. The summed E-state index contributed by atoms with van der Waals surface area (Å²) in [5.41, 5.74) is 2.56. The van der Waals surface area contributed by atoms with Gasteiger partial charge in [0.15, 0.2) is 0 Å². The molecule has 0 saturated carbocycles. The number of aryl methyl sites for hydroxylation is 1. The second kappa shape index (κ2) is 4.93. The van der Waals surface area contributed by atoms with Gasteiger partial charge in [0.25, 0.3) is 0 Å². The van der Waals surface area contributed by atoms with E-state index in [9.17, 15) is 8.78 Å². The fraction of sp³-hybridized carbons (Fsp3) is 0.467. The Labute approximate surface area is 111 Å². The zero-order chi connectivity index (χ0) is 13.4. The zero-order valence-electron chi connectivity index (χ0n) is 11.0. The molecule has 0 aliphatic heterocycles. The summed E-state index contributed by atoms with van der Waals surface area (Å²) in [5.74, 6) is -1.01. The molecule has 0 saturated heterocycles. The van der Waals surface area contributed by atoms with Gasteiger partial charge in [-0.1, -0.05) is 6.92 Å². The van der Waals surface area contributed by atoms with Crippen molar-refractivity contribution in [1.82, 2.24) is 10.3 Å². The van der Waals surface area contributed by atoms with Crippen molar-refractivity contribution in [2.24, 2.45) is 0 Å². The van der Waals surface area contributed by atoms with Crippen LogP contribution in [0.5, 0.6) is 0 Å². The fourth-order valence-corrected chi connectivity index (χ4v) is 3.01. The standard InChI is InChI=1S/C15H18F2N2/c1-2-6-18-13-5-3-4-10-11-7-9(16)8-12(17)14(11)19-15(10)13/h7-8,13,18-19H,2-6H2,1H3. The van der Waals surface area contributed by atoms with Crippen LogP contribution in [0.1, 0.15) is 43.5 Å². The highest BCUT2D eigenvalue weighted by atomic mass is 19.1. The van der Waals surface area contributed by atoms with Crippen molar-refractivity contribution in [3.63, 3.8) is 0 Å². The second-order valence-corrected chi connectivity index (χ2v) is 5.23. The highest BCUT2D eigenvalue weighted by Crippen LogP contribution is 2.35. The summed E-state index contributed by atoms with van der Waals surface area (Å²) in [6.45, 7) is 3.06. The van der Waals surface area contributed by atoms with Crippen molar-refractivity contribution >= 4 is 10.9 Å². The van der Waals surface area contributed by atoms with E-state index in [0.717, 1.165) is 49.6 Å². The van der Waals surface area contributed by atoms with Crippen LogP contribution in [0.4, 0.5) is 8.78 Å². The van der Waals surface area contributed by atoms with Gasteiger partial charge in [-0.3, -0.25) is 0 Å². The molecule has 1 unspecified atom stereocenters. The molecule has 102 valence electrons. The van der Waals surface area contributed by atoms with Crippen molar-refractivity contribution in [2.45, 2.75) is 38.6 Å². The molecule has 1 aromatic heterocycles. The van der Waals surface area contributed by atoms with Gasteiger partial charge in [0, 0.05) is 23.2 Å². The van der Waals surface area contributed by atoms with Gasteiger partial charge in [-0.05, 0) is 43.9 Å². The Hall–Kier alpha value is -1.42. The maximum Gasteiger partial charge on any atom is 0.150 e. The van der Waals surface area contributed by atoms with Crippen molar-refractivity contribution in [2.75, 3.05) is 6.54 Å². The predicted molar refractivity (Wildman–Crippen MR) is 72.2 cm³/mol. The highest BCUT2D eigenvalue weighted by Gasteiger charge is 2.25. The molecule has 2 aromatic rings. The molecule has 0 bridgehead atoms. The third-order valence-corrected chi connectivity index (χ3v) is 3.87.